The maximum absolute atomic E-state index is 12.7. The lowest BCUT2D eigenvalue weighted by Crippen LogP contribution is -2.48. The first-order valence-electron chi connectivity index (χ1n) is 10.2. The zero-order valence-electron chi connectivity index (χ0n) is 17.2. The standard InChI is InChI=1S/C22H29NO5S/c1-4-21-13-16(14-24)19(25)12-17(21)7-9-22(21,26)10-8-18-20(6-5-11-23-18)29(27,28)15(2)3/h5-6,11-12,14-16,26H,4,7-10,13H2,1-3H3/t16?,21-,22+/m0/s1. The molecule has 29 heavy (non-hydrogen) atoms. The van der Waals surface area contributed by atoms with Crippen molar-refractivity contribution < 1.29 is 23.1 Å². The number of ketones is 1. The van der Waals surface area contributed by atoms with Gasteiger partial charge in [0.15, 0.2) is 15.6 Å². The van der Waals surface area contributed by atoms with Crippen molar-refractivity contribution in [3.05, 3.63) is 35.7 Å². The van der Waals surface area contributed by atoms with E-state index in [-0.39, 0.29) is 10.7 Å². The molecular formula is C22H29NO5S. The van der Waals surface area contributed by atoms with Crippen molar-refractivity contribution in [1.29, 1.82) is 0 Å². The molecule has 0 spiro atoms. The van der Waals surface area contributed by atoms with Crippen molar-refractivity contribution in [2.24, 2.45) is 11.3 Å². The van der Waals surface area contributed by atoms with Gasteiger partial charge in [0.2, 0.25) is 0 Å². The van der Waals surface area contributed by atoms with Crippen molar-refractivity contribution in [3.63, 3.8) is 0 Å². The number of carbonyl (C=O) groups excluding carboxylic acids is 2. The number of hydrogen-bond acceptors (Lipinski definition) is 6. The third kappa shape index (κ3) is 3.48. The highest BCUT2D eigenvalue weighted by atomic mass is 32.2. The Morgan fingerprint density at radius 3 is 2.72 bits per heavy atom. The van der Waals surface area contributed by atoms with Crippen LogP contribution in [-0.4, -0.2) is 41.4 Å². The van der Waals surface area contributed by atoms with Crippen molar-refractivity contribution in [3.8, 4) is 0 Å². The number of pyridine rings is 1. The van der Waals surface area contributed by atoms with Crippen LogP contribution in [0.3, 0.4) is 0 Å². The number of aryl methyl sites for hydroxylation is 1. The molecular weight excluding hydrogens is 390 g/mol. The molecule has 7 heteroatoms. The average Bonchev–Trinajstić information content (AvgIpc) is 2.98. The van der Waals surface area contributed by atoms with Crippen LogP contribution in [0, 0.1) is 11.3 Å². The van der Waals surface area contributed by atoms with Gasteiger partial charge in [-0.1, -0.05) is 12.5 Å². The average molecular weight is 420 g/mol. The number of rotatable bonds is 7. The van der Waals surface area contributed by atoms with Crippen molar-refractivity contribution in [2.45, 2.75) is 75.0 Å². The molecule has 0 radical (unpaired) electrons. The Morgan fingerprint density at radius 1 is 1.38 bits per heavy atom. The van der Waals surface area contributed by atoms with Crippen molar-refractivity contribution >= 4 is 21.9 Å². The zero-order chi connectivity index (χ0) is 21.4. The lowest BCUT2D eigenvalue weighted by Gasteiger charge is -2.46. The number of allylic oxidation sites excluding steroid dienone is 1. The monoisotopic (exact) mass is 419 g/mol. The third-order valence-corrected chi connectivity index (χ3v) is 9.11. The molecule has 1 N–H and O–H groups in total. The summed E-state index contributed by atoms with van der Waals surface area (Å²) in [5.74, 6) is -0.909. The van der Waals surface area contributed by atoms with Gasteiger partial charge < -0.3 is 9.90 Å². The van der Waals surface area contributed by atoms with Gasteiger partial charge in [0, 0.05) is 11.6 Å². The molecule has 158 valence electrons. The van der Waals surface area contributed by atoms with Crippen LogP contribution in [0.1, 0.15) is 58.6 Å². The van der Waals surface area contributed by atoms with Gasteiger partial charge in [-0.05, 0) is 70.6 Å². The van der Waals surface area contributed by atoms with Crippen LogP contribution in [0.2, 0.25) is 0 Å². The van der Waals surface area contributed by atoms with E-state index in [1.54, 1.807) is 38.3 Å². The second kappa shape index (κ2) is 7.76. The Morgan fingerprint density at radius 2 is 2.10 bits per heavy atom. The van der Waals surface area contributed by atoms with E-state index in [1.165, 1.54) is 0 Å². The smallest absolute Gasteiger partial charge is 0.182 e. The number of nitrogens with zero attached hydrogens (tertiary/aromatic N) is 1. The fraction of sp³-hybridized carbons (Fsp3) is 0.591. The molecule has 0 bridgehead atoms. The second-order valence-corrected chi connectivity index (χ2v) is 11.0. The maximum atomic E-state index is 12.7. The largest absolute Gasteiger partial charge is 0.389 e. The fourth-order valence-electron chi connectivity index (χ4n) is 5.03. The quantitative estimate of drug-likeness (QED) is 0.539. The van der Waals surface area contributed by atoms with Crippen LogP contribution < -0.4 is 0 Å². The number of hydrogen-bond donors (Lipinski definition) is 1. The van der Waals surface area contributed by atoms with Gasteiger partial charge in [0.25, 0.3) is 0 Å². The van der Waals surface area contributed by atoms with Gasteiger partial charge in [0.1, 0.15) is 6.29 Å². The molecule has 1 saturated carbocycles. The molecule has 1 unspecified atom stereocenters. The van der Waals surface area contributed by atoms with Crippen LogP contribution in [0.5, 0.6) is 0 Å². The fourth-order valence-corrected chi connectivity index (χ4v) is 6.29. The molecule has 2 aliphatic rings. The van der Waals surface area contributed by atoms with Gasteiger partial charge in [-0.15, -0.1) is 0 Å². The van der Waals surface area contributed by atoms with Crippen LogP contribution >= 0.6 is 0 Å². The number of sulfone groups is 1. The van der Waals surface area contributed by atoms with E-state index in [4.69, 9.17) is 0 Å². The van der Waals surface area contributed by atoms with E-state index in [1.807, 2.05) is 6.92 Å². The van der Waals surface area contributed by atoms with E-state index in [9.17, 15) is 23.1 Å². The number of aldehydes is 1. The summed E-state index contributed by atoms with van der Waals surface area (Å²) < 4.78 is 25.4. The molecule has 1 heterocycles. The molecule has 3 atom stereocenters. The number of carbonyl (C=O) groups is 2. The third-order valence-electron chi connectivity index (χ3n) is 6.88. The highest BCUT2D eigenvalue weighted by molar-refractivity contribution is 7.92. The molecule has 0 saturated heterocycles. The predicted molar refractivity (Wildman–Crippen MR) is 109 cm³/mol. The van der Waals surface area contributed by atoms with E-state index in [0.717, 1.165) is 5.57 Å². The second-order valence-electron chi connectivity index (χ2n) is 8.53. The topological polar surface area (TPSA) is 101 Å². The normalized spacial score (nSPS) is 29.6. The Labute approximate surface area is 172 Å². The molecule has 3 rings (SSSR count). The molecule has 0 aliphatic heterocycles. The molecule has 1 aromatic rings. The minimum Gasteiger partial charge on any atom is -0.389 e. The van der Waals surface area contributed by atoms with E-state index >= 15 is 0 Å². The minimum atomic E-state index is -3.48. The highest BCUT2D eigenvalue weighted by Crippen LogP contribution is 2.59. The predicted octanol–water partition coefficient (Wildman–Crippen LogP) is 2.83. The summed E-state index contributed by atoms with van der Waals surface area (Å²) in [6.45, 7) is 5.24. The number of aromatic nitrogens is 1. The number of fused-ring (bicyclic) bond motifs is 1. The Kier molecular flexibility index (Phi) is 5.84. The Bertz CT molecular complexity index is 952. The molecule has 1 aromatic heterocycles. The van der Waals surface area contributed by atoms with Gasteiger partial charge >= 0.3 is 0 Å². The van der Waals surface area contributed by atoms with Crippen LogP contribution in [0.15, 0.2) is 34.9 Å². The molecule has 1 fully saturated rings. The SMILES string of the molecule is CC[C@]12CC(C=O)C(=O)C=C1CC[C@@]2(O)CCc1ncccc1S(=O)(=O)C(C)C. The molecule has 6 nitrogen and oxygen atoms in total. The van der Waals surface area contributed by atoms with Gasteiger partial charge in [-0.25, -0.2) is 8.42 Å². The first-order valence-corrected chi connectivity index (χ1v) is 11.8. The van der Waals surface area contributed by atoms with Crippen molar-refractivity contribution in [2.75, 3.05) is 0 Å². The van der Waals surface area contributed by atoms with E-state index in [0.29, 0.717) is 50.5 Å². The number of aliphatic hydroxyl groups is 1. The first-order chi connectivity index (χ1) is 13.6. The maximum Gasteiger partial charge on any atom is 0.182 e. The van der Waals surface area contributed by atoms with Crippen molar-refractivity contribution in [1.82, 2.24) is 4.98 Å². The van der Waals surface area contributed by atoms with Gasteiger partial charge in [-0.2, -0.15) is 0 Å². The Hall–Kier alpha value is -1.86. The summed E-state index contributed by atoms with van der Waals surface area (Å²) in [7, 11) is -3.48. The molecule has 0 amide bonds. The zero-order valence-corrected chi connectivity index (χ0v) is 18.0. The minimum absolute atomic E-state index is 0.182. The summed E-state index contributed by atoms with van der Waals surface area (Å²) in [6, 6.07) is 3.18. The summed E-state index contributed by atoms with van der Waals surface area (Å²) in [4.78, 5) is 28.1. The molecule has 0 aromatic carbocycles. The highest BCUT2D eigenvalue weighted by Gasteiger charge is 2.58. The summed E-state index contributed by atoms with van der Waals surface area (Å²) in [5, 5.41) is 11.1. The van der Waals surface area contributed by atoms with E-state index < -0.39 is 32.0 Å². The summed E-state index contributed by atoms with van der Waals surface area (Å²) >= 11 is 0. The summed E-state index contributed by atoms with van der Waals surface area (Å²) in [6.07, 6.45) is 6.47. The van der Waals surface area contributed by atoms with Gasteiger partial charge in [-0.3, -0.25) is 9.78 Å². The Balaban J connectivity index is 1.93. The lowest BCUT2D eigenvalue weighted by molar-refractivity contribution is -0.129. The van der Waals surface area contributed by atoms with Crippen LogP contribution in [0.25, 0.3) is 0 Å². The first kappa shape index (κ1) is 21.8. The lowest BCUT2D eigenvalue weighted by atomic mass is 9.61. The van der Waals surface area contributed by atoms with E-state index in [2.05, 4.69) is 4.98 Å². The molecule has 2 aliphatic carbocycles. The van der Waals surface area contributed by atoms with Crippen LogP contribution in [-0.2, 0) is 25.8 Å². The summed E-state index contributed by atoms with van der Waals surface area (Å²) in [5.41, 5.74) is -0.358. The van der Waals surface area contributed by atoms with Gasteiger partial charge in [0.05, 0.1) is 27.4 Å². The van der Waals surface area contributed by atoms with Crippen LogP contribution in [0.4, 0.5) is 0 Å².